The molecule has 0 saturated heterocycles. The Hall–Kier alpha value is -0.0731. The summed E-state index contributed by atoms with van der Waals surface area (Å²) in [6.45, 7) is 4.68. The monoisotopic (exact) mass is 230 g/mol. The van der Waals surface area contributed by atoms with Crippen LogP contribution in [0.25, 0.3) is 0 Å². The SMILES string of the molecule is CCO[SiH](CCCC(F)(F)F)OCC. The van der Waals surface area contributed by atoms with Crippen LogP contribution in [-0.4, -0.2) is 28.7 Å². The maximum atomic E-state index is 11.8. The molecule has 0 radical (unpaired) electrons. The van der Waals surface area contributed by atoms with Crippen molar-refractivity contribution in [3.05, 3.63) is 0 Å². The lowest BCUT2D eigenvalue weighted by atomic mass is 10.3. The van der Waals surface area contributed by atoms with E-state index in [-0.39, 0.29) is 6.42 Å². The van der Waals surface area contributed by atoms with Gasteiger partial charge in [0.05, 0.1) is 0 Å². The Kier molecular flexibility index (Phi) is 7.21. The summed E-state index contributed by atoms with van der Waals surface area (Å²) in [7, 11) is -1.82. The molecule has 0 N–H and O–H groups in total. The molecule has 0 saturated carbocycles. The Labute approximate surface area is 84.2 Å². The van der Waals surface area contributed by atoms with Crippen molar-refractivity contribution >= 4 is 9.28 Å². The minimum absolute atomic E-state index is 0.111. The first-order chi connectivity index (χ1) is 6.49. The quantitative estimate of drug-likeness (QED) is 0.626. The fraction of sp³-hybridized carbons (Fsp3) is 1.00. The number of halogens is 3. The average Bonchev–Trinajstić information content (AvgIpc) is 2.02. The van der Waals surface area contributed by atoms with Gasteiger partial charge in [-0.25, -0.2) is 0 Å². The molecular weight excluding hydrogens is 213 g/mol. The molecule has 0 aliphatic rings. The molecule has 2 nitrogen and oxygen atoms in total. The molecule has 14 heavy (non-hydrogen) atoms. The van der Waals surface area contributed by atoms with Gasteiger partial charge in [-0.15, -0.1) is 0 Å². The maximum absolute atomic E-state index is 11.8. The van der Waals surface area contributed by atoms with Crippen LogP contribution in [0.2, 0.25) is 6.04 Å². The van der Waals surface area contributed by atoms with Crippen molar-refractivity contribution in [1.82, 2.24) is 0 Å². The zero-order valence-electron chi connectivity index (χ0n) is 8.56. The van der Waals surface area contributed by atoms with Crippen LogP contribution < -0.4 is 0 Å². The second-order valence-corrected chi connectivity index (χ2v) is 4.95. The Morgan fingerprint density at radius 1 is 1.07 bits per heavy atom. The highest BCUT2D eigenvalue weighted by atomic mass is 28.3. The van der Waals surface area contributed by atoms with Gasteiger partial charge in [0.1, 0.15) is 0 Å². The van der Waals surface area contributed by atoms with Gasteiger partial charge in [0.15, 0.2) is 0 Å². The molecule has 0 aliphatic heterocycles. The summed E-state index contributed by atoms with van der Waals surface area (Å²) in [5.41, 5.74) is 0. The fourth-order valence-corrected chi connectivity index (χ4v) is 2.77. The van der Waals surface area contributed by atoms with Crippen LogP contribution >= 0.6 is 0 Å². The van der Waals surface area contributed by atoms with Crippen LogP contribution in [0.4, 0.5) is 13.2 Å². The molecule has 0 aliphatic carbocycles. The topological polar surface area (TPSA) is 18.5 Å². The van der Waals surface area contributed by atoms with E-state index < -0.39 is 21.9 Å². The van der Waals surface area contributed by atoms with E-state index in [1.165, 1.54) is 0 Å². The maximum Gasteiger partial charge on any atom is 0.389 e. The normalized spacial score (nSPS) is 12.4. The Balaban J connectivity index is 3.60. The third kappa shape index (κ3) is 8.52. The highest BCUT2D eigenvalue weighted by molar-refractivity contribution is 6.44. The van der Waals surface area contributed by atoms with E-state index in [2.05, 4.69) is 0 Å². The summed E-state index contributed by atoms with van der Waals surface area (Å²) < 4.78 is 45.9. The van der Waals surface area contributed by atoms with Crippen molar-refractivity contribution in [3.8, 4) is 0 Å². The molecule has 86 valence electrons. The van der Waals surface area contributed by atoms with Crippen LogP contribution in [0.3, 0.4) is 0 Å². The minimum atomic E-state index is -4.06. The van der Waals surface area contributed by atoms with E-state index >= 15 is 0 Å². The lowest BCUT2D eigenvalue weighted by molar-refractivity contribution is -0.134. The van der Waals surface area contributed by atoms with Crippen molar-refractivity contribution in [2.45, 2.75) is 38.9 Å². The number of rotatable bonds is 7. The summed E-state index contributed by atoms with van der Waals surface area (Å²) in [5, 5.41) is 0. The molecule has 0 aromatic carbocycles. The third-order valence-corrected chi connectivity index (χ3v) is 3.90. The molecule has 0 bridgehead atoms. The van der Waals surface area contributed by atoms with Crippen molar-refractivity contribution in [2.75, 3.05) is 13.2 Å². The number of hydrogen-bond acceptors (Lipinski definition) is 2. The van der Waals surface area contributed by atoms with Crippen LogP contribution in [0, 0.1) is 0 Å². The molecule has 0 aromatic rings. The molecule has 0 unspecified atom stereocenters. The van der Waals surface area contributed by atoms with Crippen molar-refractivity contribution in [1.29, 1.82) is 0 Å². The average molecular weight is 230 g/mol. The zero-order chi connectivity index (χ0) is 11.0. The van der Waals surface area contributed by atoms with E-state index in [9.17, 15) is 13.2 Å². The Morgan fingerprint density at radius 3 is 1.93 bits per heavy atom. The highest BCUT2D eigenvalue weighted by Gasteiger charge is 2.27. The number of alkyl halides is 3. The molecule has 0 spiro atoms. The first kappa shape index (κ1) is 13.9. The lowest BCUT2D eigenvalue weighted by Gasteiger charge is -2.14. The molecule has 0 heterocycles. The van der Waals surface area contributed by atoms with Gasteiger partial charge in [-0.1, -0.05) is 0 Å². The van der Waals surface area contributed by atoms with Crippen LogP contribution in [0.5, 0.6) is 0 Å². The summed E-state index contributed by atoms with van der Waals surface area (Å²) in [6, 6.07) is 0.432. The van der Waals surface area contributed by atoms with E-state index in [1.807, 2.05) is 13.8 Å². The smallest absolute Gasteiger partial charge is 0.389 e. The second-order valence-electron chi connectivity index (χ2n) is 2.85. The van der Waals surface area contributed by atoms with E-state index in [1.54, 1.807) is 0 Å². The molecular formula is C8H17F3O2Si. The van der Waals surface area contributed by atoms with Gasteiger partial charge in [-0.2, -0.15) is 13.2 Å². The van der Waals surface area contributed by atoms with Gasteiger partial charge in [0.2, 0.25) is 0 Å². The highest BCUT2D eigenvalue weighted by Crippen LogP contribution is 2.23. The molecule has 0 aromatic heterocycles. The predicted molar refractivity (Wildman–Crippen MR) is 50.5 cm³/mol. The van der Waals surface area contributed by atoms with E-state index in [0.29, 0.717) is 19.3 Å². The largest absolute Gasteiger partial charge is 0.397 e. The zero-order valence-corrected chi connectivity index (χ0v) is 9.72. The summed E-state index contributed by atoms with van der Waals surface area (Å²) in [4.78, 5) is 0. The molecule has 0 fully saturated rings. The molecule has 0 amide bonds. The fourth-order valence-electron chi connectivity index (χ4n) is 1.06. The third-order valence-electron chi connectivity index (χ3n) is 1.61. The summed E-state index contributed by atoms with van der Waals surface area (Å²) in [5.74, 6) is 0. The van der Waals surface area contributed by atoms with Gasteiger partial charge in [0.25, 0.3) is 0 Å². The standard InChI is InChI=1S/C8H17F3O2Si/c1-3-12-14(13-4-2)7-5-6-8(9,10)11/h14H,3-7H2,1-2H3. The second kappa shape index (κ2) is 7.25. The Bertz CT molecular complexity index is 135. The summed E-state index contributed by atoms with van der Waals surface area (Å²) in [6.07, 6.45) is -4.69. The minimum Gasteiger partial charge on any atom is -0.397 e. The summed E-state index contributed by atoms with van der Waals surface area (Å²) >= 11 is 0. The van der Waals surface area contributed by atoms with Crippen molar-refractivity contribution in [2.24, 2.45) is 0 Å². The van der Waals surface area contributed by atoms with Gasteiger partial charge in [-0.05, 0) is 26.3 Å². The Morgan fingerprint density at radius 2 is 1.57 bits per heavy atom. The van der Waals surface area contributed by atoms with E-state index in [0.717, 1.165) is 0 Å². The van der Waals surface area contributed by atoms with Gasteiger partial charge >= 0.3 is 15.5 Å². The lowest BCUT2D eigenvalue weighted by Crippen LogP contribution is -2.23. The molecule has 0 atom stereocenters. The predicted octanol–water partition coefficient (Wildman–Crippen LogP) is 2.62. The number of hydrogen-bond donors (Lipinski definition) is 0. The van der Waals surface area contributed by atoms with Gasteiger partial charge in [0, 0.05) is 19.6 Å². The first-order valence-corrected chi connectivity index (χ1v) is 6.55. The van der Waals surface area contributed by atoms with Crippen molar-refractivity contribution < 1.29 is 22.0 Å². The van der Waals surface area contributed by atoms with Crippen molar-refractivity contribution in [3.63, 3.8) is 0 Å². The van der Waals surface area contributed by atoms with Crippen LogP contribution in [0.15, 0.2) is 0 Å². The van der Waals surface area contributed by atoms with Gasteiger partial charge in [-0.3, -0.25) is 0 Å². The first-order valence-electron chi connectivity index (χ1n) is 4.79. The van der Waals surface area contributed by atoms with Crippen LogP contribution in [-0.2, 0) is 8.85 Å². The van der Waals surface area contributed by atoms with E-state index in [4.69, 9.17) is 8.85 Å². The van der Waals surface area contributed by atoms with Gasteiger partial charge < -0.3 is 8.85 Å². The molecule has 6 heteroatoms. The van der Waals surface area contributed by atoms with Crippen LogP contribution in [0.1, 0.15) is 26.7 Å². The molecule has 0 rings (SSSR count).